The van der Waals surface area contributed by atoms with E-state index in [1.165, 1.54) is 0 Å². The fraction of sp³-hybridized carbons (Fsp3) is 0.389. The van der Waals surface area contributed by atoms with E-state index in [0.29, 0.717) is 42.2 Å². The molecule has 2 aromatic rings. The van der Waals surface area contributed by atoms with E-state index < -0.39 is 0 Å². The molecule has 0 unspecified atom stereocenters. The van der Waals surface area contributed by atoms with Crippen LogP contribution in [0.3, 0.4) is 0 Å². The van der Waals surface area contributed by atoms with Crippen LogP contribution in [0.2, 0.25) is 0 Å². The molecule has 1 aromatic heterocycles. The second-order valence-corrected chi connectivity index (χ2v) is 5.95. The van der Waals surface area contributed by atoms with Crippen LogP contribution in [0.25, 0.3) is 10.8 Å². The summed E-state index contributed by atoms with van der Waals surface area (Å²) in [7, 11) is 0. The highest BCUT2D eigenvalue weighted by Gasteiger charge is 2.17. The minimum absolute atomic E-state index is 0.0918. The number of benzene rings is 1. The quantitative estimate of drug-likeness (QED) is 0.882. The van der Waals surface area contributed by atoms with E-state index in [-0.39, 0.29) is 18.7 Å². The first-order valence-corrected chi connectivity index (χ1v) is 8.07. The van der Waals surface area contributed by atoms with Crippen LogP contribution in [0.4, 0.5) is 4.39 Å². The van der Waals surface area contributed by atoms with Crippen molar-refractivity contribution in [1.29, 1.82) is 0 Å². The lowest BCUT2D eigenvalue weighted by Gasteiger charge is -2.22. The van der Waals surface area contributed by atoms with E-state index in [2.05, 4.69) is 4.98 Å². The Morgan fingerprint density at radius 3 is 2.88 bits per heavy atom. The van der Waals surface area contributed by atoms with E-state index in [4.69, 9.17) is 15.2 Å². The summed E-state index contributed by atoms with van der Waals surface area (Å²) in [6, 6.07) is 7.23. The van der Waals surface area contributed by atoms with Crippen LogP contribution >= 0.6 is 0 Å². The Bertz CT molecular complexity index is 794. The minimum Gasteiger partial charge on any atom is -0.489 e. The number of hydrogen-bond acceptors (Lipinski definition) is 4. The molecule has 0 bridgehead atoms. The predicted octanol–water partition coefficient (Wildman–Crippen LogP) is 2.61. The second-order valence-electron chi connectivity index (χ2n) is 5.95. The first-order chi connectivity index (χ1) is 11.7. The van der Waals surface area contributed by atoms with Gasteiger partial charge in [-0.3, -0.25) is 4.79 Å². The number of halogens is 1. The normalized spacial score (nSPS) is 16.5. The molecule has 128 valence electrons. The molecule has 24 heavy (non-hydrogen) atoms. The van der Waals surface area contributed by atoms with Crippen LogP contribution in [0.5, 0.6) is 5.75 Å². The third-order valence-electron chi connectivity index (χ3n) is 4.34. The summed E-state index contributed by atoms with van der Waals surface area (Å²) >= 11 is 0. The second kappa shape index (κ2) is 7.59. The minimum atomic E-state index is -0.105. The molecule has 5 nitrogen and oxygen atoms in total. The maximum Gasteiger partial charge on any atom is 0.256 e. The summed E-state index contributed by atoms with van der Waals surface area (Å²) in [5.41, 5.74) is 6.62. The standard InChI is InChI=1S/C18H21FN2O3/c19-9-12(10-20)11-24-15-1-2-16-14(7-15)8-17(21-18(16)22)13-3-5-23-6-4-13/h1-2,7-9,13H,3-6,10-11,20H2,(H,21,22)/b12-9+. The molecule has 2 heterocycles. The molecule has 6 heteroatoms. The Morgan fingerprint density at radius 1 is 1.38 bits per heavy atom. The van der Waals surface area contributed by atoms with E-state index in [1.54, 1.807) is 18.2 Å². The molecule has 1 fully saturated rings. The zero-order valence-electron chi connectivity index (χ0n) is 13.4. The lowest BCUT2D eigenvalue weighted by Crippen LogP contribution is -2.18. The molecule has 0 radical (unpaired) electrons. The van der Waals surface area contributed by atoms with Gasteiger partial charge in [0.15, 0.2) is 0 Å². The number of aromatic nitrogens is 1. The SMILES string of the molecule is NC/C(=C\F)COc1ccc2c(=O)[nH]c(C3CCOCC3)cc2c1. The van der Waals surface area contributed by atoms with Gasteiger partial charge in [0.1, 0.15) is 12.4 Å². The summed E-state index contributed by atoms with van der Waals surface area (Å²) in [5, 5.41) is 1.43. The number of rotatable bonds is 5. The third-order valence-corrected chi connectivity index (χ3v) is 4.34. The van der Waals surface area contributed by atoms with Gasteiger partial charge in [0, 0.05) is 42.3 Å². The number of H-pyrrole nitrogens is 1. The third kappa shape index (κ3) is 3.66. The highest BCUT2D eigenvalue weighted by molar-refractivity contribution is 5.83. The predicted molar refractivity (Wildman–Crippen MR) is 91.1 cm³/mol. The van der Waals surface area contributed by atoms with Crippen LogP contribution in [-0.4, -0.2) is 31.3 Å². The van der Waals surface area contributed by atoms with Gasteiger partial charge in [-0.15, -0.1) is 0 Å². The first kappa shape index (κ1) is 16.7. The van der Waals surface area contributed by atoms with Gasteiger partial charge in [-0.05, 0) is 42.5 Å². The Balaban J connectivity index is 1.88. The number of nitrogens with one attached hydrogen (secondary N) is 1. The van der Waals surface area contributed by atoms with Crippen molar-refractivity contribution in [1.82, 2.24) is 4.98 Å². The van der Waals surface area contributed by atoms with Crippen LogP contribution in [-0.2, 0) is 4.74 Å². The molecule has 0 aliphatic carbocycles. The fourth-order valence-corrected chi connectivity index (χ4v) is 2.90. The summed E-state index contributed by atoms with van der Waals surface area (Å²) < 4.78 is 23.5. The summed E-state index contributed by atoms with van der Waals surface area (Å²) in [6.07, 6.45) is 2.27. The Morgan fingerprint density at radius 2 is 2.17 bits per heavy atom. The van der Waals surface area contributed by atoms with Crippen molar-refractivity contribution in [2.75, 3.05) is 26.4 Å². The van der Waals surface area contributed by atoms with Crippen molar-refractivity contribution < 1.29 is 13.9 Å². The average Bonchev–Trinajstić information content (AvgIpc) is 2.63. The maximum absolute atomic E-state index is 12.5. The van der Waals surface area contributed by atoms with Gasteiger partial charge in [-0.2, -0.15) is 0 Å². The van der Waals surface area contributed by atoms with Gasteiger partial charge in [0.25, 0.3) is 5.56 Å². The highest BCUT2D eigenvalue weighted by atomic mass is 19.1. The molecule has 0 amide bonds. The first-order valence-electron chi connectivity index (χ1n) is 8.07. The molecule has 1 aliphatic heterocycles. The zero-order valence-corrected chi connectivity index (χ0v) is 13.4. The zero-order chi connectivity index (χ0) is 16.9. The number of aromatic amines is 1. The van der Waals surface area contributed by atoms with Crippen LogP contribution < -0.4 is 16.0 Å². The van der Waals surface area contributed by atoms with Gasteiger partial charge in [0.05, 0.1) is 6.33 Å². The van der Waals surface area contributed by atoms with Gasteiger partial charge in [-0.1, -0.05) is 0 Å². The largest absolute Gasteiger partial charge is 0.489 e. The molecule has 1 aliphatic rings. The van der Waals surface area contributed by atoms with Crippen molar-refractivity contribution in [3.8, 4) is 5.75 Å². The smallest absolute Gasteiger partial charge is 0.256 e. The van der Waals surface area contributed by atoms with Crippen molar-refractivity contribution in [3.63, 3.8) is 0 Å². The monoisotopic (exact) mass is 332 g/mol. The van der Waals surface area contributed by atoms with E-state index >= 15 is 0 Å². The molecule has 1 aromatic carbocycles. The van der Waals surface area contributed by atoms with Crippen LogP contribution in [0.15, 0.2) is 41.0 Å². The number of nitrogens with two attached hydrogens (primary N) is 1. The Kier molecular flexibility index (Phi) is 5.27. The van der Waals surface area contributed by atoms with E-state index in [9.17, 15) is 9.18 Å². The summed E-state index contributed by atoms with van der Waals surface area (Å²) in [6.45, 7) is 1.63. The van der Waals surface area contributed by atoms with Crippen molar-refractivity contribution in [2.24, 2.45) is 5.73 Å². The molecule has 1 saturated heterocycles. The number of hydrogen-bond donors (Lipinski definition) is 2. The molecule has 0 atom stereocenters. The van der Waals surface area contributed by atoms with Crippen molar-refractivity contribution >= 4 is 10.8 Å². The van der Waals surface area contributed by atoms with Gasteiger partial charge in [-0.25, -0.2) is 4.39 Å². The summed E-state index contributed by atoms with van der Waals surface area (Å²) in [4.78, 5) is 15.3. The van der Waals surface area contributed by atoms with E-state index in [0.717, 1.165) is 23.9 Å². The van der Waals surface area contributed by atoms with Crippen molar-refractivity contribution in [2.45, 2.75) is 18.8 Å². The molecular formula is C18H21FN2O3. The lowest BCUT2D eigenvalue weighted by molar-refractivity contribution is 0.0845. The fourth-order valence-electron chi connectivity index (χ4n) is 2.90. The topological polar surface area (TPSA) is 77.3 Å². The number of ether oxygens (including phenoxy) is 2. The van der Waals surface area contributed by atoms with Crippen molar-refractivity contribution in [3.05, 3.63) is 52.2 Å². The van der Waals surface area contributed by atoms with Crippen LogP contribution in [0, 0.1) is 0 Å². The molecule has 0 spiro atoms. The van der Waals surface area contributed by atoms with E-state index in [1.807, 2.05) is 6.07 Å². The lowest BCUT2D eigenvalue weighted by atomic mass is 9.95. The molecular weight excluding hydrogens is 311 g/mol. The Labute approximate surface area is 139 Å². The Hall–Kier alpha value is -2.18. The molecule has 3 N–H and O–H groups in total. The number of pyridine rings is 1. The highest BCUT2D eigenvalue weighted by Crippen LogP contribution is 2.27. The van der Waals surface area contributed by atoms with Gasteiger partial charge < -0.3 is 20.2 Å². The van der Waals surface area contributed by atoms with Crippen LogP contribution in [0.1, 0.15) is 24.5 Å². The summed E-state index contributed by atoms with van der Waals surface area (Å²) in [5.74, 6) is 0.887. The average molecular weight is 332 g/mol. The number of fused-ring (bicyclic) bond motifs is 1. The molecule has 3 rings (SSSR count). The maximum atomic E-state index is 12.5. The van der Waals surface area contributed by atoms with Gasteiger partial charge >= 0.3 is 0 Å². The molecule has 0 saturated carbocycles. The van der Waals surface area contributed by atoms with Gasteiger partial charge in [0.2, 0.25) is 0 Å².